The highest BCUT2D eigenvalue weighted by Crippen LogP contribution is 2.31. The molecule has 5 aromatic rings. The lowest BCUT2D eigenvalue weighted by atomic mass is 9.98. The van der Waals surface area contributed by atoms with E-state index in [4.69, 9.17) is 4.74 Å². The Balaban J connectivity index is 1.09. The van der Waals surface area contributed by atoms with Crippen molar-refractivity contribution in [3.05, 3.63) is 92.5 Å². The Labute approximate surface area is 281 Å². The minimum atomic E-state index is -0.657. The maximum atomic E-state index is 15.5. The van der Waals surface area contributed by atoms with Crippen LogP contribution in [0.2, 0.25) is 0 Å². The van der Waals surface area contributed by atoms with Crippen molar-refractivity contribution in [2.45, 2.75) is 51.3 Å². The van der Waals surface area contributed by atoms with Gasteiger partial charge in [-0.2, -0.15) is 9.78 Å². The first-order valence-corrected chi connectivity index (χ1v) is 16.7. The summed E-state index contributed by atoms with van der Waals surface area (Å²) in [5, 5.41) is 18.1. The number of aliphatic hydroxyl groups is 1. The molecule has 1 aliphatic carbocycles. The number of aromatic nitrogens is 6. The van der Waals surface area contributed by atoms with E-state index in [1.54, 1.807) is 29.8 Å². The number of pyridine rings is 3. The molecule has 254 valence electrons. The highest BCUT2D eigenvalue weighted by atomic mass is 19.1. The molecule has 2 fully saturated rings. The van der Waals surface area contributed by atoms with Crippen LogP contribution >= 0.6 is 0 Å². The molecule has 3 aliphatic rings. The van der Waals surface area contributed by atoms with Gasteiger partial charge in [-0.15, -0.1) is 0 Å². The largest absolute Gasteiger partial charge is 0.392 e. The Morgan fingerprint density at radius 2 is 1.92 bits per heavy atom. The number of anilines is 3. The van der Waals surface area contributed by atoms with Gasteiger partial charge in [-0.25, -0.2) is 14.4 Å². The predicted octanol–water partition coefficient (Wildman–Crippen LogP) is 2.80. The van der Waals surface area contributed by atoms with Gasteiger partial charge in [-0.1, -0.05) is 0 Å². The summed E-state index contributed by atoms with van der Waals surface area (Å²) in [6, 6.07) is 8.15. The second-order valence-corrected chi connectivity index (χ2v) is 13.1. The molecule has 5 aromatic heterocycles. The van der Waals surface area contributed by atoms with Crippen molar-refractivity contribution >= 4 is 22.7 Å². The zero-order valence-electron chi connectivity index (χ0n) is 27.5. The molecular weight excluding hydrogens is 629 g/mol. The zero-order chi connectivity index (χ0) is 33.8. The summed E-state index contributed by atoms with van der Waals surface area (Å²) in [7, 11) is 1.64. The van der Waals surface area contributed by atoms with Crippen LogP contribution in [0.4, 0.5) is 21.6 Å². The number of ether oxygens (including phenoxy) is 1. The molecule has 0 unspecified atom stereocenters. The molecule has 0 spiro atoms. The number of piperazine rings is 1. The van der Waals surface area contributed by atoms with E-state index in [1.165, 1.54) is 17.1 Å². The van der Waals surface area contributed by atoms with E-state index in [-0.39, 0.29) is 22.6 Å². The van der Waals surface area contributed by atoms with E-state index in [2.05, 4.69) is 37.1 Å². The topological polar surface area (TPSA) is 135 Å². The average molecular weight is 668 g/mol. The van der Waals surface area contributed by atoms with Gasteiger partial charge < -0.3 is 24.6 Å². The number of aryl methyl sites for hydroxylation is 2. The lowest BCUT2D eigenvalue weighted by molar-refractivity contribution is -0.0792. The Hall–Kier alpha value is -4.92. The summed E-state index contributed by atoms with van der Waals surface area (Å²) in [6.45, 7) is 6.14. The molecule has 2 saturated heterocycles. The van der Waals surface area contributed by atoms with Crippen molar-refractivity contribution in [3.8, 4) is 16.9 Å². The zero-order valence-corrected chi connectivity index (χ0v) is 27.5. The SMILES string of the molecule is C[C@@H]1CN(c2ccc(Nc3cc(-c4ccnc(-n5ncn6c7c(c(F)c6c5=O)CCCC7)c4CO)cn(C)c3=O)nc2)CCN1C1COC1. The maximum absolute atomic E-state index is 15.5. The van der Waals surface area contributed by atoms with Crippen LogP contribution in [0, 0.1) is 5.82 Å². The third kappa shape index (κ3) is 5.40. The van der Waals surface area contributed by atoms with E-state index in [0.717, 1.165) is 61.8 Å². The number of nitrogens with one attached hydrogen (secondary N) is 1. The number of fused-ring (bicyclic) bond motifs is 3. The minimum absolute atomic E-state index is 0.0781. The van der Waals surface area contributed by atoms with Crippen molar-refractivity contribution in [2.75, 3.05) is 43.1 Å². The predicted molar refractivity (Wildman–Crippen MR) is 182 cm³/mol. The van der Waals surface area contributed by atoms with Gasteiger partial charge in [-0.3, -0.25) is 18.9 Å². The van der Waals surface area contributed by atoms with Gasteiger partial charge in [0.05, 0.1) is 37.7 Å². The van der Waals surface area contributed by atoms with Gasteiger partial charge in [0.1, 0.15) is 17.8 Å². The first-order valence-electron chi connectivity index (χ1n) is 16.7. The molecule has 14 heteroatoms. The molecule has 0 radical (unpaired) electrons. The van der Waals surface area contributed by atoms with Crippen LogP contribution in [0.15, 0.2) is 58.8 Å². The summed E-state index contributed by atoms with van der Waals surface area (Å²) >= 11 is 0. The molecule has 2 aliphatic heterocycles. The monoisotopic (exact) mass is 667 g/mol. The molecule has 0 saturated carbocycles. The molecule has 2 N–H and O–H groups in total. The van der Waals surface area contributed by atoms with Crippen LogP contribution in [-0.2, 0) is 31.2 Å². The maximum Gasteiger partial charge on any atom is 0.300 e. The van der Waals surface area contributed by atoms with Crippen LogP contribution in [0.3, 0.4) is 0 Å². The minimum Gasteiger partial charge on any atom is -0.392 e. The van der Waals surface area contributed by atoms with E-state index in [1.807, 2.05) is 18.3 Å². The lowest BCUT2D eigenvalue weighted by Gasteiger charge is -2.47. The fraction of sp³-hybridized carbons (Fsp3) is 0.400. The highest BCUT2D eigenvalue weighted by molar-refractivity contribution is 5.73. The lowest BCUT2D eigenvalue weighted by Crippen LogP contribution is -2.60. The number of aliphatic hydroxyl groups excluding tert-OH is 1. The molecule has 0 amide bonds. The molecule has 49 heavy (non-hydrogen) atoms. The molecule has 0 bridgehead atoms. The fourth-order valence-corrected chi connectivity index (χ4v) is 7.49. The molecular formula is C35H38FN9O4. The number of rotatable bonds is 7. The average Bonchev–Trinajstić information content (AvgIpc) is 3.39. The summed E-state index contributed by atoms with van der Waals surface area (Å²) in [5.41, 5.74) is 3.08. The summed E-state index contributed by atoms with van der Waals surface area (Å²) < 4.78 is 24.9. The van der Waals surface area contributed by atoms with Gasteiger partial charge in [0.15, 0.2) is 17.2 Å². The number of nitrogens with zero attached hydrogens (tertiary/aromatic N) is 8. The molecule has 0 aromatic carbocycles. The Morgan fingerprint density at radius 3 is 2.65 bits per heavy atom. The smallest absolute Gasteiger partial charge is 0.300 e. The molecule has 1 atom stereocenters. The quantitative estimate of drug-likeness (QED) is 0.267. The van der Waals surface area contributed by atoms with Crippen LogP contribution in [0.1, 0.15) is 36.6 Å². The fourth-order valence-electron chi connectivity index (χ4n) is 7.49. The summed E-state index contributed by atoms with van der Waals surface area (Å²) in [4.78, 5) is 40.8. The van der Waals surface area contributed by atoms with Crippen molar-refractivity contribution in [1.29, 1.82) is 0 Å². The van der Waals surface area contributed by atoms with Gasteiger partial charge in [0.2, 0.25) is 0 Å². The third-order valence-corrected chi connectivity index (χ3v) is 10.2. The van der Waals surface area contributed by atoms with Crippen molar-refractivity contribution in [2.24, 2.45) is 7.05 Å². The third-order valence-electron chi connectivity index (χ3n) is 10.2. The highest BCUT2D eigenvalue weighted by Gasteiger charge is 2.33. The Morgan fingerprint density at radius 1 is 1.08 bits per heavy atom. The molecule has 7 heterocycles. The summed E-state index contributed by atoms with van der Waals surface area (Å²) in [5.74, 6) is 0.0718. The second-order valence-electron chi connectivity index (χ2n) is 13.1. The number of hydrogen-bond acceptors (Lipinski definition) is 10. The van der Waals surface area contributed by atoms with E-state index >= 15 is 4.39 Å². The number of halogens is 1. The Kier molecular flexibility index (Phi) is 8.01. The van der Waals surface area contributed by atoms with Gasteiger partial charge in [0.25, 0.3) is 11.1 Å². The van der Waals surface area contributed by atoms with Crippen LogP contribution in [0.25, 0.3) is 22.5 Å². The molecule has 8 rings (SSSR count). The Bertz CT molecular complexity index is 2170. The van der Waals surface area contributed by atoms with Gasteiger partial charge in [-0.05, 0) is 62.4 Å². The van der Waals surface area contributed by atoms with Gasteiger partial charge in [0, 0.05) is 67.5 Å². The van der Waals surface area contributed by atoms with Crippen LogP contribution < -0.4 is 21.3 Å². The van der Waals surface area contributed by atoms with Gasteiger partial charge >= 0.3 is 0 Å². The van der Waals surface area contributed by atoms with Crippen LogP contribution in [0.5, 0.6) is 0 Å². The second kappa shape index (κ2) is 12.5. The first kappa shape index (κ1) is 31.4. The van der Waals surface area contributed by atoms with Crippen molar-refractivity contribution in [1.82, 2.24) is 33.6 Å². The van der Waals surface area contributed by atoms with E-state index < -0.39 is 18.0 Å². The first-order chi connectivity index (χ1) is 23.8. The summed E-state index contributed by atoms with van der Waals surface area (Å²) in [6.07, 6.45) is 9.46. The van der Waals surface area contributed by atoms with E-state index in [9.17, 15) is 14.7 Å². The van der Waals surface area contributed by atoms with Crippen molar-refractivity contribution < 1.29 is 14.2 Å². The van der Waals surface area contributed by atoms with Crippen LogP contribution in [-0.4, -0.2) is 83.7 Å². The van der Waals surface area contributed by atoms with Crippen molar-refractivity contribution in [3.63, 3.8) is 0 Å². The van der Waals surface area contributed by atoms with E-state index in [0.29, 0.717) is 53.0 Å². The normalized spacial score (nSPS) is 18.4. The number of hydrogen-bond donors (Lipinski definition) is 2. The standard InChI is InChI=1S/C35H38FN9O4/c1-21-15-42(11-12-43(21)24-18-49-19-24)23-7-8-30(38-14-23)40-28-13-22(16-41(2)34(28)47)25-9-10-37-33(27(25)17-46)45-35(48)32-31(36)26-5-3-4-6-29(26)44(32)20-39-45/h7-10,13-14,16,20-21,24,46H,3-6,11-12,15,17-19H2,1-2H3,(H,38,40)/t21-/m1/s1. The molecule has 13 nitrogen and oxygen atoms in total.